The van der Waals surface area contributed by atoms with Crippen molar-refractivity contribution < 1.29 is 9.13 Å². The lowest BCUT2D eigenvalue weighted by atomic mass is 10.3. The number of hydrogen-bond donors (Lipinski definition) is 1. The fourth-order valence-electron chi connectivity index (χ4n) is 1.59. The van der Waals surface area contributed by atoms with Gasteiger partial charge in [-0.3, -0.25) is 0 Å². The first-order valence-electron chi connectivity index (χ1n) is 6.37. The molecule has 0 amide bonds. The van der Waals surface area contributed by atoms with Gasteiger partial charge in [0.25, 0.3) is 0 Å². The second kappa shape index (κ2) is 6.68. The van der Waals surface area contributed by atoms with Crippen LogP contribution < -0.4 is 10.1 Å². The highest BCUT2D eigenvalue weighted by Gasteiger charge is 2.08. The van der Waals surface area contributed by atoms with Gasteiger partial charge in [0.15, 0.2) is 11.6 Å². The van der Waals surface area contributed by atoms with E-state index in [0.29, 0.717) is 29.2 Å². The molecule has 0 saturated carbocycles. The second-order valence-corrected chi connectivity index (χ2v) is 5.05. The third-order valence-corrected chi connectivity index (χ3v) is 2.97. The van der Waals surface area contributed by atoms with Crippen molar-refractivity contribution >= 4 is 11.6 Å². The number of pyridine rings is 1. The van der Waals surface area contributed by atoms with Crippen molar-refractivity contribution in [2.24, 2.45) is 0 Å². The number of hydrogen-bond acceptors (Lipinski definition) is 3. The van der Waals surface area contributed by atoms with Gasteiger partial charge in [0.1, 0.15) is 0 Å². The summed E-state index contributed by atoms with van der Waals surface area (Å²) in [5.41, 5.74) is 0.675. The highest BCUT2D eigenvalue weighted by atomic mass is 35.5. The Morgan fingerprint density at radius 3 is 2.70 bits per heavy atom. The van der Waals surface area contributed by atoms with E-state index in [0.717, 1.165) is 0 Å². The molecule has 0 bridgehead atoms. The van der Waals surface area contributed by atoms with Gasteiger partial charge in [-0.25, -0.2) is 9.37 Å². The van der Waals surface area contributed by atoms with E-state index >= 15 is 0 Å². The van der Waals surface area contributed by atoms with Crippen molar-refractivity contribution in [2.75, 3.05) is 0 Å². The molecule has 20 heavy (non-hydrogen) atoms. The predicted molar refractivity (Wildman–Crippen MR) is 77.7 cm³/mol. The van der Waals surface area contributed by atoms with Crippen LogP contribution in [0.5, 0.6) is 11.6 Å². The number of aromatic nitrogens is 1. The molecule has 1 N–H and O–H groups in total. The average Bonchev–Trinajstić information content (AvgIpc) is 2.42. The van der Waals surface area contributed by atoms with Gasteiger partial charge >= 0.3 is 0 Å². The number of para-hydroxylation sites is 1. The summed E-state index contributed by atoms with van der Waals surface area (Å²) >= 11 is 6.08. The van der Waals surface area contributed by atoms with Gasteiger partial charge in [-0.2, -0.15) is 0 Å². The maximum absolute atomic E-state index is 13.5. The van der Waals surface area contributed by atoms with Crippen LogP contribution >= 0.6 is 11.6 Å². The molecule has 0 atom stereocenters. The van der Waals surface area contributed by atoms with E-state index in [1.54, 1.807) is 30.3 Å². The largest absolute Gasteiger partial charge is 0.436 e. The first kappa shape index (κ1) is 14.8. The van der Waals surface area contributed by atoms with Crippen molar-refractivity contribution in [2.45, 2.75) is 26.4 Å². The molecular formula is C15H16ClFN2O. The average molecular weight is 295 g/mol. The molecule has 0 aliphatic carbocycles. The normalized spacial score (nSPS) is 10.8. The Labute approximate surface area is 122 Å². The second-order valence-electron chi connectivity index (χ2n) is 4.65. The maximum Gasteiger partial charge on any atom is 0.219 e. The summed E-state index contributed by atoms with van der Waals surface area (Å²) in [6.07, 6.45) is 0. The minimum absolute atomic E-state index is 0.144. The first-order valence-corrected chi connectivity index (χ1v) is 6.75. The van der Waals surface area contributed by atoms with E-state index in [-0.39, 0.29) is 5.75 Å². The number of ether oxygens (including phenoxy) is 1. The smallest absolute Gasteiger partial charge is 0.219 e. The molecule has 0 unspecified atom stereocenters. The summed E-state index contributed by atoms with van der Waals surface area (Å²) < 4.78 is 19.0. The minimum Gasteiger partial charge on any atom is -0.436 e. The summed E-state index contributed by atoms with van der Waals surface area (Å²) in [6.45, 7) is 4.60. The van der Waals surface area contributed by atoms with Crippen molar-refractivity contribution in [3.05, 3.63) is 52.9 Å². The summed E-state index contributed by atoms with van der Waals surface area (Å²) in [5, 5.41) is 3.78. The van der Waals surface area contributed by atoms with Crippen LogP contribution in [0.15, 0.2) is 36.4 Å². The molecule has 0 aliphatic heterocycles. The van der Waals surface area contributed by atoms with Crippen LogP contribution in [0.25, 0.3) is 0 Å². The summed E-state index contributed by atoms with van der Waals surface area (Å²) in [4.78, 5) is 4.30. The van der Waals surface area contributed by atoms with Crippen LogP contribution in [0.4, 0.5) is 4.39 Å². The molecule has 2 rings (SSSR count). The fraction of sp³-hybridized carbons (Fsp3) is 0.267. The molecule has 5 heteroatoms. The number of benzene rings is 1. The summed E-state index contributed by atoms with van der Waals surface area (Å²) in [7, 11) is 0. The maximum atomic E-state index is 13.5. The lowest BCUT2D eigenvalue weighted by Gasteiger charge is -2.11. The molecule has 3 nitrogen and oxygen atoms in total. The highest BCUT2D eigenvalue weighted by Crippen LogP contribution is 2.25. The van der Waals surface area contributed by atoms with E-state index in [4.69, 9.17) is 16.3 Å². The number of rotatable bonds is 5. The van der Waals surface area contributed by atoms with Crippen LogP contribution in [-0.4, -0.2) is 11.0 Å². The minimum atomic E-state index is -0.425. The van der Waals surface area contributed by atoms with Crippen molar-refractivity contribution in [3.8, 4) is 11.6 Å². The van der Waals surface area contributed by atoms with Crippen LogP contribution in [0, 0.1) is 5.82 Å². The van der Waals surface area contributed by atoms with Gasteiger partial charge in [-0.15, -0.1) is 0 Å². The number of halogens is 2. The van der Waals surface area contributed by atoms with Crippen LogP contribution in [0.1, 0.15) is 19.5 Å². The van der Waals surface area contributed by atoms with E-state index < -0.39 is 5.82 Å². The Kier molecular flexibility index (Phi) is 4.93. The van der Waals surface area contributed by atoms with Gasteiger partial charge in [-0.05, 0) is 18.2 Å². The van der Waals surface area contributed by atoms with E-state index in [2.05, 4.69) is 10.3 Å². The van der Waals surface area contributed by atoms with Crippen molar-refractivity contribution in [1.29, 1.82) is 0 Å². The first-order chi connectivity index (χ1) is 9.56. The van der Waals surface area contributed by atoms with E-state index in [9.17, 15) is 4.39 Å². The fourth-order valence-corrected chi connectivity index (χ4v) is 1.76. The van der Waals surface area contributed by atoms with Gasteiger partial charge < -0.3 is 10.1 Å². The van der Waals surface area contributed by atoms with Gasteiger partial charge in [0, 0.05) is 18.7 Å². The molecule has 1 aromatic carbocycles. The Morgan fingerprint density at radius 2 is 2.00 bits per heavy atom. The van der Waals surface area contributed by atoms with Gasteiger partial charge in [-0.1, -0.05) is 37.6 Å². The van der Waals surface area contributed by atoms with Crippen molar-refractivity contribution in [1.82, 2.24) is 10.3 Å². The monoisotopic (exact) mass is 294 g/mol. The molecule has 0 saturated heterocycles. The molecule has 106 valence electrons. The Hall–Kier alpha value is -1.65. The molecule has 2 aromatic rings. The predicted octanol–water partition coefficient (Wildman–Crippen LogP) is 4.16. The van der Waals surface area contributed by atoms with Crippen molar-refractivity contribution in [3.63, 3.8) is 0 Å². The van der Waals surface area contributed by atoms with Gasteiger partial charge in [0.2, 0.25) is 5.88 Å². The van der Waals surface area contributed by atoms with E-state index in [1.807, 2.05) is 13.8 Å². The van der Waals surface area contributed by atoms with E-state index in [1.165, 1.54) is 6.07 Å². The molecule has 1 heterocycles. The standard InChI is InChI=1S/C15H16ClFN2O/c1-10(2)18-9-13-11(16)7-8-15(19-13)20-14-6-4-3-5-12(14)17/h3-8,10,18H,9H2,1-2H3. The Bertz CT molecular complexity index is 590. The topological polar surface area (TPSA) is 34.2 Å². The number of nitrogens with one attached hydrogen (secondary N) is 1. The number of nitrogens with zero attached hydrogens (tertiary/aromatic N) is 1. The zero-order chi connectivity index (χ0) is 14.5. The lowest BCUT2D eigenvalue weighted by molar-refractivity contribution is 0.425. The van der Waals surface area contributed by atoms with Crippen LogP contribution in [0.3, 0.4) is 0 Å². The molecule has 0 spiro atoms. The lowest BCUT2D eigenvalue weighted by Crippen LogP contribution is -2.22. The molecular weight excluding hydrogens is 279 g/mol. The zero-order valence-corrected chi connectivity index (χ0v) is 12.1. The SMILES string of the molecule is CC(C)NCc1nc(Oc2ccccc2F)ccc1Cl. The van der Waals surface area contributed by atoms with Crippen LogP contribution in [0.2, 0.25) is 5.02 Å². The third kappa shape index (κ3) is 3.92. The molecule has 0 fully saturated rings. The molecule has 0 aliphatic rings. The zero-order valence-electron chi connectivity index (χ0n) is 11.4. The summed E-state index contributed by atoms with van der Waals surface area (Å²) in [6, 6.07) is 9.84. The summed E-state index contributed by atoms with van der Waals surface area (Å²) in [5.74, 6) is 0.0382. The van der Waals surface area contributed by atoms with Crippen LogP contribution in [-0.2, 0) is 6.54 Å². The quantitative estimate of drug-likeness (QED) is 0.899. The van der Waals surface area contributed by atoms with Gasteiger partial charge in [0.05, 0.1) is 10.7 Å². The highest BCUT2D eigenvalue weighted by molar-refractivity contribution is 6.31. The Balaban J connectivity index is 2.17. The molecule has 0 radical (unpaired) electrons. The third-order valence-electron chi connectivity index (χ3n) is 2.62. The molecule has 1 aromatic heterocycles. The Morgan fingerprint density at radius 1 is 1.25 bits per heavy atom.